The summed E-state index contributed by atoms with van der Waals surface area (Å²) in [6.07, 6.45) is 1.68. The van der Waals surface area contributed by atoms with E-state index in [0.717, 1.165) is 18.7 Å². The van der Waals surface area contributed by atoms with E-state index in [0.29, 0.717) is 12.3 Å². The third-order valence-corrected chi connectivity index (χ3v) is 2.19. The molecule has 0 saturated carbocycles. The van der Waals surface area contributed by atoms with Crippen LogP contribution in [-0.4, -0.2) is 28.3 Å². The van der Waals surface area contributed by atoms with Gasteiger partial charge >= 0.3 is 0 Å². The highest BCUT2D eigenvalue weighted by molar-refractivity contribution is 5.36. The number of aryl methyl sites for hydroxylation is 1. The van der Waals surface area contributed by atoms with Gasteiger partial charge < -0.3 is 4.74 Å². The molecule has 2 rings (SSSR count). The fourth-order valence-electron chi connectivity index (χ4n) is 1.47. The number of hydrogen-bond donors (Lipinski definition) is 1. The molecular weight excluding hydrogens is 194 g/mol. The number of nitrogens with zero attached hydrogens (tertiary/aromatic N) is 2. The van der Waals surface area contributed by atoms with Crippen LogP contribution in [0.15, 0.2) is 23.0 Å². The number of rotatable bonds is 4. The Morgan fingerprint density at radius 1 is 1.53 bits per heavy atom. The van der Waals surface area contributed by atoms with Crippen molar-refractivity contribution in [2.45, 2.75) is 12.8 Å². The highest BCUT2D eigenvalue weighted by Gasteiger charge is 2.02. The Kier molecular flexibility index (Phi) is 2.82. The summed E-state index contributed by atoms with van der Waals surface area (Å²) in [6.45, 7) is 0.700. The molecule has 2 heterocycles. The van der Waals surface area contributed by atoms with E-state index in [1.54, 1.807) is 19.2 Å². The molecule has 2 aromatic rings. The van der Waals surface area contributed by atoms with Gasteiger partial charge in [-0.15, -0.1) is 0 Å². The second kappa shape index (κ2) is 4.27. The Morgan fingerprint density at radius 3 is 3.13 bits per heavy atom. The quantitative estimate of drug-likeness (QED) is 0.747. The van der Waals surface area contributed by atoms with Crippen LogP contribution in [0.4, 0.5) is 0 Å². The maximum atomic E-state index is 11.4. The van der Waals surface area contributed by atoms with Crippen LogP contribution in [0, 0.1) is 0 Å². The largest absolute Gasteiger partial charge is 0.385 e. The van der Waals surface area contributed by atoms with Gasteiger partial charge in [0, 0.05) is 26.2 Å². The molecule has 5 nitrogen and oxygen atoms in total. The minimum atomic E-state index is -0.0852. The zero-order valence-electron chi connectivity index (χ0n) is 8.56. The number of aromatic amines is 1. The van der Waals surface area contributed by atoms with Crippen LogP contribution in [0.2, 0.25) is 0 Å². The average Bonchev–Trinajstić information content (AvgIpc) is 2.63. The molecule has 15 heavy (non-hydrogen) atoms. The Balaban J connectivity index is 2.24. The number of methoxy groups -OCH3 is 1. The molecule has 0 aliphatic heterocycles. The molecule has 0 unspecified atom stereocenters. The summed E-state index contributed by atoms with van der Waals surface area (Å²) in [5.41, 5.74) is 0.577. The number of fused-ring (bicyclic) bond motifs is 1. The summed E-state index contributed by atoms with van der Waals surface area (Å²) < 4.78 is 6.40. The van der Waals surface area contributed by atoms with Gasteiger partial charge in [-0.3, -0.25) is 9.89 Å². The van der Waals surface area contributed by atoms with Gasteiger partial charge in [0.25, 0.3) is 5.56 Å². The van der Waals surface area contributed by atoms with Crippen molar-refractivity contribution in [1.29, 1.82) is 0 Å². The molecule has 0 aliphatic carbocycles. The van der Waals surface area contributed by atoms with Gasteiger partial charge in [-0.2, -0.15) is 0 Å². The van der Waals surface area contributed by atoms with E-state index in [-0.39, 0.29) is 5.56 Å². The Morgan fingerprint density at radius 2 is 2.40 bits per heavy atom. The molecule has 0 saturated heterocycles. The predicted molar refractivity (Wildman–Crippen MR) is 56.0 cm³/mol. The molecule has 0 fully saturated rings. The average molecular weight is 207 g/mol. The predicted octanol–water partition coefficient (Wildman–Crippen LogP) is 0.602. The van der Waals surface area contributed by atoms with Crippen molar-refractivity contribution in [2.24, 2.45) is 0 Å². The van der Waals surface area contributed by atoms with Gasteiger partial charge in [-0.25, -0.2) is 9.50 Å². The van der Waals surface area contributed by atoms with Crippen molar-refractivity contribution in [3.63, 3.8) is 0 Å². The zero-order chi connectivity index (χ0) is 10.7. The summed E-state index contributed by atoms with van der Waals surface area (Å²) in [4.78, 5) is 15.7. The van der Waals surface area contributed by atoms with E-state index >= 15 is 0 Å². The van der Waals surface area contributed by atoms with Gasteiger partial charge in [-0.1, -0.05) is 6.07 Å². The van der Waals surface area contributed by atoms with Crippen molar-refractivity contribution >= 4 is 5.65 Å². The zero-order valence-corrected chi connectivity index (χ0v) is 8.56. The normalized spacial score (nSPS) is 11.0. The first-order valence-corrected chi connectivity index (χ1v) is 4.87. The van der Waals surface area contributed by atoms with Crippen LogP contribution in [-0.2, 0) is 11.2 Å². The van der Waals surface area contributed by atoms with Crippen molar-refractivity contribution < 1.29 is 4.74 Å². The molecule has 0 bridgehead atoms. The van der Waals surface area contributed by atoms with Crippen LogP contribution in [0.5, 0.6) is 0 Å². The van der Waals surface area contributed by atoms with Gasteiger partial charge in [0.05, 0.1) is 0 Å². The molecule has 0 aromatic carbocycles. The second-order valence-electron chi connectivity index (χ2n) is 3.32. The molecule has 1 N–H and O–H groups in total. The minimum absolute atomic E-state index is 0.0852. The number of aromatic nitrogens is 3. The highest BCUT2D eigenvalue weighted by Crippen LogP contribution is 2.00. The van der Waals surface area contributed by atoms with Crippen LogP contribution < -0.4 is 5.56 Å². The van der Waals surface area contributed by atoms with Crippen LogP contribution in [0.3, 0.4) is 0 Å². The van der Waals surface area contributed by atoms with Crippen molar-refractivity contribution in [2.75, 3.05) is 13.7 Å². The number of nitrogens with one attached hydrogen (secondary N) is 1. The van der Waals surface area contributed by atoms with Gasteiger partial charge in [0.2, 0.25) is 0 Å². The molecule has 0 spiro atoms. The fraction of sp³-hybridized carbons (Fsp3) is 0.400. The van der Waals surface area contributed by atoms with Crippen molar-refractivity contribution in [3.05, 3.63) is 34.4 Å². The lowest BCUT2D eigenvalue weighted by molar-refractivity contribution is 0.194. The lowest BCUT2D eigenvalue weighted by atomic mass is 10.3. The molecule has 80 valence electrons. The minimum Gasteiger partial charge on any atom is -0.385 e. The number of H-pyrrole nitrogens is 1. The molecule has 5 heteroatoms. The topological polar surface area (TPSA) is 59.4 Å². The van der Waals surface area contributed by atoms with Gasteiger partial charge in [0.15, 0.2) is 5.65 Å². The van der Waals surface area contributed by atoms with Crippen LogP contribution in [0.25, 0.3) is 5.65 Å². The van der Waals surface area contributed by atoms with Gasteiger partial charge in [0.1, 0.15) is 5.82 Å². The van der Waals surface area contributed by atoms with E-state index < -0.39 is 0 Å². The van der Waals surface area contributed by atoms with E-state index in [1.807, 2.05) is 0 Å². The van der Waals surface area contributed by atoms with E-state index in [1.165, 1.54) is 10.6 Å². The molecule has 0 aliphatic rings. The molecule has 0 amide bonds. The molecule has 0 atom stereocenters. The standard InChI is InChI=1S/C10H13N3O2/c1-15-7-3-4-8-11-9-5-2-6-10(14)13(9)12-8/h2,5-6H,3-4,7H2,1H3,(H,11,12). The fourth-order valence-corrected chi connectivity index (χ4v) is 1.47. The Labute approximate surface area is 86.7 Å². The number of hydrogen-bond acceptors (Lipinski definition) is 3. The second-order valence-corrected chi connectivity index (χ2v) is 3.32. The monoisotopic (exact) mass is 207 g/mol. The maximum Gasteiger partial charge on any atom is 0.271 e. The first-order valence-electron chi connectivity index (χ1n) is 4.87. The van der Waals surface area contributed by atoms with Crippen molar-refractivity contribution in [1.82, 2.24) is 14.6 Å². The summed E-state index contributed by atoms with van der Waals surface area (Å²) >= 11 is 0. The van der Waals surface area contributed by atoms with E-state index in [9.17, 15) is 4.79 Å². The lowest BCUT2D eigenvalue weighted by Crippen LogP contribution is -2.11. The Hall–Kier alpha value is -1.62. The van der Waals surface area contributed by atoms with Crippen molar-refractivity contribution in [3.8, 4) is 0 Å². The summed E-state index contributed by atoms with van der Waals surface area (Å²) in [7, 11) is 1.67. The summed E-state index contributed by atoms with van der Waals surface area (Å²) in [6, 6.07) is 5.01. The van der Waals surface area contributed by atoms with Crippen LogP contribution in [0.1, 0.15) is 12.2 Å². The lowest BCUT2D eigenvalue weighted by Gasteiger charge is -1.94. The number of ether oxygens (including phenoxy) is 1. The smallest absolute Gasteiger partial charge is 0.271 e. The summed E-state index contributed by atoms with van der Waals surface area (Å²) in [5, 5.41) is 2.96. The molecule has 2 aromatic heterocycles. The van der Waals surface area contributed by atoms with E-state index in [2.05, 4.69) is 10.1 Å². The summed E-state index contributed by atoms with van der Waals surface area (Å²) in [5.74, 6) is 0.815. The maximum absolute atomic E-state index is 11.4. The third-order valence-electron chi connectivity index (χ3n) is 2.19. The van der Waals surface area contributed by atoms with Gasteiger partial charge in [-0.05, 0) is 12.5 Å². The molecular formula is C10H13N3O2. The third kappa shape index (κ3) is 2.07. The van der Waals surface area contributed by atoms with E-state index in [4.69, 9.17) is 4.74 Å². The first-order chi connectivity index (χ1) is 7.31. The van der Waals surface area contributed by atoms with Crippen LogP contribution >= 0.6 is 0 Å². The number of pyridine rings is 1. The molecule has 0 radical (unpaired) electrons. The Bertz CT molecular complexity index is 501. The highest BCUT2D eigenvalue weighted by atomic mass is 16.5. The first kappa shape index (κ1) is 9.92. The SMILES string of the molecule is COCCCc1nc2cccc(=O)n2[nH]1.